The Bertz CT molecular complexity index is 746. The van der Waals surface area contributed by atoms with Gasteiger partial charge in [-0.05, 0) is 5.92 Å². The summed E-state index contributed by atoms with van der Waals surface area (Å²) in [5.74, 6) is 1.46. The molecule has 7 heteroatoms. The standard InChI is InChI=1S/C21H31N5OS/c1-16(2)13-26-9-10-27-18(14-26)11-23-21(22-3)24-12-20-25-19(15-28-20)17-7-5-4-6-8-17/h4-8,15-16,18H,9-14H2,1-3H3,(H2,22,23,24). The number of nitrogens with zero attached hydrogens (tertiary/aromatic N) is 3. The summed E-state index contributed by atoms with van der Waals surface area (Å²) < 4.78 is 5.90. The van der Waals surface area contributed by atoms with Crippen molar-refractivity contribution in [3.05, 3.63) is 40.7 Å². The third-order valence-corrected chi connectivity index (χ3v) is 5.44. The van der Waals surface area contributed by atoms with Crippen LogP contribution < -0.4 is 10.6 Å². The zero-order valence-electron chi connectivity index (χ0n) is 17.0. The maximum Gasteiger partial charge on any atom is 0.191 e. The van der Waals surface area contributed by atoms with Crippen molar-refractivity contribution < 1.29 is 4.74 Å². The predicted molar refractivity (Wildman–Crippen MR) is 117 cm³/mol. The third kappa shape index (κ3) is 6.29. The van der Waals surface area contributed by atoms with E-state index in [0.717, 1.165) is 55.0 Å². The molecule has 0 spiro atoms. The van der Waals surface area contributed by atoms with Crippen molar-refractivity contribution in [2.45, 2.75) is 26.5 Å². The van der Waals surface area contributed by atoms with Crippen LogP contribution in [-0.2, 0) is 11.3 Å². The van der Waals surface area contributed by atoms with Crippen LogP contribution in [0.3, 0.4) is 0 Å². The van der Waals surface area contributed by atoms with E-state index in [4.69, 9.17) is 9.72 Å². The molecule has 1 aliphatic heterocycles. The van der Waals surface area contributed by atoms with Crippen molar-refractivity contribution in [2.24, 2.45) is 10.9 Å². The van der Waals surface area contributed by atoms with Gasteiger partial charge in [-0.3, -0.25) is 9.89 Å². The zero-order chi connectivity index (χ0) is 19.8. The van der Waals surface area contributed by atoms with Gasteiger partial charge in [0.15, 0.2) is 5.96 Å². The number of thiazole rings is 1. The number of hydrogen-bond donors (Lipinski definition) is 2. The second-order valence-corrected chi connectivity index (χ2v) is 8.39. The highest BCUT2D eigenvalue weighted by atomic mass is 32.1. The molecule has 1 saturated heterocycles. The molecular weight excluding hydrogens is 370 g/mol. The lowest BCUT2D eigenvalue weighted by atomic mass is 10.2. The fraction of sp³-hybridized carbons (Fsp3) is 0.524. The van der Waals surface area contributed by atoms with Crippen molar-refractivity contribution in [1.29, 1.82) is 0 Å². The summed E-state index contributed by atoms with van der Waals surface area (Å²) in [7, 11) is 1.79. The Labute approximate surface area is 172 Å². The molecular formula is C21H31N5OS. The van der Waals surface area contributed by atoms with Gasteiger partial charge in [0.1, 0.15) is 5.01 Å². The molecule has 6 nitrogen and oxygen atoms in total. The van der Waals surface area contributed by atoms with Gasteiger partial charge in [-0.15, -0.1) is 11.3 Å². The van der Waals surface area contributed by atoms with E-state index in [-0.39, 0.29) is 6.10 Å². The summed E-state index contributed by atoms with van der Waals surface area (Å²) in [6.07, 6.45) is 0.190. The summed E-state index contributed by atoms with van der Waals surface area (Å²) in [6, 6.07) is 10.3. The molecule has 2 N–H and O–H groups in total. The van der Waals surface area contributed by atoms with Crippen LogP contribution in [0.25, 0.3) is 11.3 Å². The number of ether oxygens (including phenoxy) is 1. The van der Waals surface area contributed by atoms with Gasteiger partial charge in [0.25, 0.3) is 0 Å². The molecule has 1 unspecified atom stereocenters. The monoisotopic (exact) mass is 401 g/mol. The number of guanidine groups is 1. The van der Waals surface area contributed by atoms with Crippen LogP contribution in [0.4, 0.5) is 0 Å². The summed E-state index contributed by atoms with van der Waals surface area (Å²) in [5, 5.41) is 9.88. The molecule has 3 rings (SSSR count). The summed E-state index contributed by atoms with van der Waals surface area (Å²) in [5.41, 5.74) is 2.17. The lowest BCUT2D eigenvalue weighted by Crippen LogP contribution is -2.50. The molecule has 1 fully saturated rings. The molecule has 28 heavy (non-hydrogen) atoms. The van der Waals surface area contributed by atoms with Crippen LogP contribution in [0, 0.1) is 5.92 Å². The average molecular weight is 402 g/mol. The minimum atomic E-state index is 0.190. The number of morpholine rings is 1. The predicted octanol–water partition coefficient (Wildman–Crippen LogP) is 2.83. The number of benzene rings is 1. The Morgan fingerprint density at radius 2 is 2.14 bits per heavy atom. The van der Waals surface area contributed by atoms with Crippen molar-refractivity contribution >= 4 is 17.3 Å². The van der Waals surface area contributed by atoms with E-state index in [9.17, 15) is 0 Å². The lowest BCUT2D eigenvalue weighted by Gasteiger charge is -2.34. The van der Waals surface area contributed by atoms with Crippen LogP contribution in [0.5, 0.6) is 0 Å². The van der Waals surface area contributed by atoms with Gasteiger partial charge in [0.2, 0.25) is 0 Å². The summed E-state index contributed by atoms with van der Waals surface area (Å²) >= 11 is 1.66. The molecule has 0 saturated carbocycles. The minimum Gasteiger partial charge on any atom is -0.374 e. The van der Waals surface area contributed by atoms with E-state index in [0.29, 0.717) is 12.5 Å². The van der Waals surface area contributed by atoms with Crippen LogP contribution >= 0.6 is 11.3 Å². The molecule has 1 atom stereocenters. The second kappa shape index (κ2) is 10.5. The minimum absolute atomic E-state index is 0.190. The van der Waals surface area contributed by atoms with E-state index in [2.05, 4.69) is 51.9 Å². The largest absolute Gasteiger partial charge is 0.374 e. The lowest BCUT2D eigenvalue weighted by molar-refractivity contribution is -0.0284. The average Bonchev–Trinajstić information content (AvgIpc) is 3.18. The first-order chi connectivity index (χ1) is 13.6. The van der Waals surface area contributed by atoms with Crippen molar-refractivity contribution in [2.75, 3.05) is 39.8 Å². The number of rotatable bonds is 7. The molecule has 0 amide bonds. The van der Waals surface area contributed by atoms with Crippen molar-refractivity contribution in [1.82, 2.24) is 20.5 Å². The Balaban J connectivity index is 1.44. The Kier molecular flexibility index (Phi) is 7.82. The maximum atomic E-state index is 5.90. The van der Waals surface area contributed by atoms with Gasteiger partial charge in [-0.25, -0.2) is 4.98 Å². The maximum absolute atomic E-state index is 5.90. The fourth-order valence-electron chi connectivity index (χ4n) is 3.31. The molecule has 0 radical (unpaired) electrons. The van der Waals surface area contributed by atoms with Crippen LogP contribution in [0.1, 0.15) is 18.9 Å². The molecule has 2 aromatic rings. The quantitative estimate of drug-likeness (QED) is 0.552. The summed E-state index contributed by atoms with van der Waals surface area (Å²) in [6.45, 7) is 9.84. The van der Waals surface area contributed by atoms with Gasteiger partial charge in [0, 0.05) is 44.2 Å². The van der Waals surface area contributed by atoms with E-state index in [1.165, 1.54) is 0 Å². The second-order valence-electron chi connectivity index (χ2n) is 7.45. The highest BCUT2D eigenvalue weighted by molar-refractivity contribution is 7.09. The van der Waals surface area contributed by atoms with E-state index < -0.39 is 0 Å². The van der Waals surface area contributed by atoms with E-state index >= 15 is 0 Å². The topological polar surface area (TPSA) is 61.8 Å². The highest BCUT2D eigenvalue weighted by Crippen LogP contribution is 2.21. The summed E-state index contributed by atoms with van der Waals surface area (Å²) in [4.78, 5) is 11.5. The smallest absolute Gasteiger partial charge is 0.191 e. The van der Waals surface area contributed by atoms with Gasteiger partial charge in [-0.2, -0.15) is 0 Å². The highest BCUT2D eigenvalue weighted by Gasteiger charge is 2.21. The first kappa shape index (κ1) is 20.8. The fourth-order valence-corrected chi connectivity index (χ4v) is 4.05. The molecule has 1 aromatic carbocycles. The zero-order valence-corrected chi connectivity index (χ0v) is 17.8. The first-order valence-electron chi connectivity index (χ1n) is 9.92. The molecule has 0 aliphatic carbocycles. The Morgan fingerprint density at radius 1 is 1.32 bits per heavy atom. The molecule has 1 aliphatic rings. The number of aromatic nitrogens is 1. The van der Waals surface area contributed by atoms with Gasteiger partial charge in [0.05, 0.1) is 24.9 Å². The van der Waals surface area contributed by atoms with Crippen LogP contribution in [0.15, 0.2) is 40.7 Å². The number of aliphatic imine (C=N–C) groups is 1. The number of nitrogens with one attached hydrogen (secondary N) is 2. The Hall–Kier alpha value is -1.96. The van der Waals surface area contributed by atoms with Crippen molar-refractivity contribution in [3.8, 4) is 11.3 Å². The molecule has 152 valence electrons. The van der Waals surface area contributed by atoms with E-state index in [1.54, 1.807) is 18.4 Å². The van der Waals surface area contributed by atoms with Crippen molar-refractivity contribution in [3.63, 3.8) is 0 Å². The van der Waals surface area contributed by atoms with E-state index in [1.807, 2.05) is 18.2 Å². The number of hydrogen-bond acceptors (Lipinski definition) is 5. The Morgan fingerprint density at radius 3 is 2.89 bits per heavy atom. The van der Waals surface area contributed by atoms with Crippen LogP contribution in [0.2, 0.25) is 0 Å². The van der Waals surface area contributed by atoms with Gasteiger partial charge in [-0.1, -0.05) is 44.2 Å². The molecule has 2 heterocycles. The molecule has 1 aromatic heterocycles. The first-order valence-corrected chi connectivity index (χ1v) is 10.8. The molecule has 0 bridgehead atoms. The van der Waals surface area contributed by atoms with Gasteiger partial charge >= 0.3 is 0 Å². The third-order valence-electron chi connectivity index (χ3n) is 4.60. The SMILES string of the molecule is CN=C(NCc1nc(-c2ccccc2)cs1)NCC1CN(CC(C)C)CCO1. The normalized spacial score (nSPS) is 18.4. The van der Waals surface area contributed by atoms with Gasteiger partial charge < -0.3 is 15.4 Å². The van der Waals surface area contributed by atoms with Crippen LogP contribution in [-0.4, -0.2) is 61.8 Å².